The van der Waals surface area contributed by atoms with Crippen molar-refractivity contribution in [3.8, 4) is 0 Å². The Labute approximate surface area is 208 Å². The number of aromatic amines is 1. The van der Waals surface area contributed by atoms with E-state index >= 15 is 0 Å². The number of hydrogen-bond acceptors (Lipinski definition) is 13. The maximum Gasteiger partial charge on any atom is 0.359 e. The average Bonchev–Trinajstić information content (AvgIpc) is 3.51. The zero-order chi connectivity index (χ0) is 26.3. The summed E-state index contributed by atoms with van der Waals surface area (Å²) in [5.41, 5.74) is 0.216. The number of aliphatic hydroxyl groups excluding tert-OH is 3. The molecule has 0 saturated carbocycles. The topological polar surface area (TPSA) is 247 Å². The predicted molar refractivity (Wildman–Crippen MR) is 121 cm³/mol. The first-order chi connectivity index (χ1) is 17.0. The highest BCUT2D eigenvalue weighted by atomic mass is 35.5. The van der Waals surface area contributed by atoms with Gasteiger partial charge in [0.05, 0.1) is 31.2 Å². The maximum absolute atomic E-state index is 12.2. The van der Waals surface area contributed by atoms with Crippen molar-refractivity contribution < 1.29 is 39.1 Å². The Morgan fingerprint density at radius 3 is 2.69 bits per heavy atom. The molecule has 3 aromatic rings. The van der Waals surface area contributed by atoms with Crippen LogP contribution in [0.5, 0.6) is 0 Å². The van der Waals surface area contributed by atoms with Gasteiger partial charge in [-0.3, -0.25) is 4.57 Å². The van der Waals surface area contributed by atoms with Crippen molar-refractivity contribution in [3.63, 3.8) is 0 Å². The van der Waals surface area contributed by atoms with Gasteiger partial charge in [0.25, 0.3) is 0 Å². The minimum Gasteiger partial charge on any atom is -0.393 e. The number of anilines is 1. The molecule has 5 atom stereocenters. The summed E-state index contributed by atoms with van der Waals surface area (Å²) < 4.78 is 24.6. The molecule has 3 aromatic heterocycles. The van der Waals surface area contributed by atoms with Gasteiger partial charge in [0, 0.05) is 6.04 Å². The highest BCUT2D eigenvalue weighted by Crippen LogP contribution is 2.52. The molecule has 19 heteroatoms. The highest BCUT2D eigenvalue weighted by molar-refractivity contribution is 7.53. The van der Waals surface area contributed by atoms with Crippen molar-refractivity contribution in [2.75, 3.05) is 18.5 Å². The number of hydrogen-bond donors (Lipinski definition) is 7. The molecule has 1 fully saturated rings. The van der Waals surface area contributed by atoms with Gasteiger partial charge in [-0.25, -0.2) is 4.68 Å². The van der Waals surface area contributed by atoms with E-state index in [9.17, 15) is 29.7 Å². The Morgan fingerprint density at radius 2 is 2.08 bits per heavy atom. The first kappa shape index (κ1) is 26.7. The number of ether oxygens (including phenoxy) is 2. The van der Waals surface area contributed by atoms with E-state index in [1.54, 1.807) is 0 Å². The van der Waals surface area contributed by atoms with Gasteiger partial charge in [0.1, 0.15) is 24.1 Å². The Bertz CT molecular complexity index is 1240. The summed E-state index contributed by atoms with van der Waals surface area (Å²) in [4.78, 5) is 28.1. The predicted octanol–water partition coefficient (Wildman–Crippen LogP) is -1.44. The van der Waals surface area contributed by atoms with Crippen LogP contribution in [-0.4, -0.2) is 108 Å². The normalized spacial score (nSPS) is 24.5. The Morgan fingerprint density at radius 1 is 1.33 bits per heavy atom. The summed E-state index contributed by atoms with van der Waals surface area (Å²) in [5, 5.41) is 49.1. The van der Waals surface area contributed by atoms with Crippen LogP contribution in [0.25, 0.3) is 11.0 Å². The molecular formula is C17H25ClN9O8P. The molecule has 1 aliphatic heterocycles. The molecule has 17 nitrogen and oxygen atoms in total. The zero-order valence-corrected chi connectivity index (χ0v) is 20.7. The number of aromatic nitrogens is 8. The second-order valence-electron chi connectivity index (χ2n) is 8.48. The number of fused-ring (bicyclic) bond motifs is 1. The van der Waals surface area contributed by atoms with E-state index in [2.05, 4.69) is 41.0 Å². The number of rotatable bonds is 10. The molecule has 4 heterocycles. The van der Waals surface area contributed by atoms with Gasteiger partial charge < -0.3 is 39.9 Å². The van der Waals surface area contributed by atoms with E-state index in [4.69, 9.17) is 21.1 Å². The molecule has 0 aliphatic carbocycles. The third kappa shape index (κ3) is 5.06. The van der Waals surface area contributed by atoms with Gasteiger partial charge in [0.15, 0.2) is 23.0 Å². The van der Waals surface area contributed by atoms with Gasteiger partial charge in [-0.15, -0.1) is 10.2 Å². The lowest BCUT2D eigenvalue weighted by molar-refractivity contribution is -0.109. The third-order valence-electron chi connectivity index (χ3n) is 5.55. The summed E-state index contributed by atoms with van der Waals surface area (Å²) >= 11 is 6.06. The van der Waals surface area contributed by atoms with Crippen molar-refractivity contribution >= 4 is 36.0 Å². The molecule has 0 amide bonds. The molecule has 1 aliphatic rings. The maximum atomic E-state index is 12.2. The van der Waals surface area contributed by atoms with E-state index in [0.29, 0.717) is 11.2 Å². The lowest BCUT2D eigenvalue weighted by Gasteiger charge is -2.32. The van der Waals surface area contributed by atoms with Gasteiger partial charge in [-0.05, 0) is 25.4 Å². The van der Waals surface area contributed by atoms with Gasteiger partial charge in [0.2, 0.25) is 5.28 Å². The number of halogens is 1. The van der Waals surface area contributed by atoms with Crippen molar-refractivity contribution in [1.82, 2.24) is 40.4 Å². The Balaban J connectivity index is 1.57. The van der Waals surface area contributed by atoms with Crippen LogP contribution >= 0.6 is 19.2 Å². The van der Waals surface area contributed by atoms with Crippen molar-refractivity contribution in [2.45, 2.75) is 56.2 Å². The van der Waals surface area contributed by atoms with Crippen molar-refractivity contribution in [2.24, 2.45) is 0 Å². The number of nitrogens with zero attached hydrogens (tertiary/aromatic N) is 7. The molecule has 1 saturated heterocycles. The van der Waals surface area contributed by atoms with Crippen LogP contribution < -0.4 is 5.32 Å². The first-order valence-corrected chi connectivity index (χ1v) is 12.7. The number of H-pyrrole nitrogens is 1. The minimum absolute atomic E-state index is 0.0208. The quantitative estimate of drug-likeness (QED) is 0.113. The van der Waals surface area contributed by atoms with Crippen LogP contribution in [-0.2, 0) is 20.5 Å². The average molecular weight is 550 g/mol. The van der Waals surface area contributed by atoms with Crippen LogP contribution in [0.15, 0.2) is 6.20 Å². The first-order valence-electron chi connectivity index (χ1n) is 10.7. The van der Waals surface area contributed by atoms with Crippen LogP contribution in [0.3, 0.4) is 0 Å². The summed E-state index contributed by atoms with van der Waals surface area (Å²) in [6.45, 7) is 2.08. The molecule has 0 aromatic carbocycles. The molecule has 0 bridgehead atoms. The highest BCUT2D eigenvalue weighted by Gasteiger charge is 2.52. The molecule has 4 rings (SSSR count). The van der Waals surface area contributed by atoms with E-state index < -0.39 is 57.1 Å². The largest absolute Gasteiger partial charge is 0.393 e. The molecule has 36 heavy (non-hydrogen) atoms. The van der Waals surface area contributed by atoms with Gasteiger partial charge in [-0.1, -0.05) is 5.21 Å². The fraction of sp³-hybridized carbons (Fsp3) is 0.647. The molecule has 0 radical (unpaired) electrons. The monoisotopic (exact) mass is 549 g/mol. The van der Waals surface area contributed by atoms with Crippen LogP contribution in [0.4, 0.5) is 5.82 Å². The minimum atomic E-state index is -5.11. The summed E-state index contributed by atoms with van der Waals surface area (Å²) in [7, 11) is -5.11. The second kappa shape index (κ2) is 10.2. The van der Waals surface area contributed by atoms with E-state index in [0.717, 1.165) is 0 Å². The lowest BCUT2D eigenvalue weighted by Crippen LogP contribution is -2.43. The number of aliphatic hydroxyl groups is 3. The zero-order valence-electron chi connectivity index (χ0n) is 19.0. The molecule has 198 valence electrons. The van der Waals surface area contributed by atoms with E-state index in [-0.39, 0.29) is 22.8 Å². The van der Waals surface area contributed by atoms with Crippen LogP contribution in [0, 0.1) is 0 Å². The van der Waals surface area contributed by atoms with Gasteiger partial charge >= 0.3 is 7.60 Å². The van der Waals surface area contributed by atoms with E-state index in [1.165, 1.54) is 10.9 Å². The van der Waals surface area contributed by atoms with Crippen molar-refractivity contribution in [3.05, 3.63) is 17.3 Å². The Hall–Kier alpha value is -2.34. The standard InChI is InChI=1S/C17H25ClN9O8P/c1-7(2)20-13-8-4-19-27(14(8)22-16(18)21-13)15-12(30)11(29)9(35-15)5-34-17(6-28,36(31,32)33)3-10-23-25-26-24-10/h4,7,9,11-12,15,28-30H,3,5-6H2,1-2H3,(H,20,21,22)(H2,31,32,33)(H,23,24,25,26)/t9-,11-,12-,15-,17+/m1/s1. The molecule has 0 spiro atoms. The molecular weight excluding hydrogens is 525 g/mol. The summed E-state index contributed by atoms with van der Waals surface area (Å²) in [6, 6.07) is 0.0208. The summed E-state index contributed by atoms with van der Waals surface area (Å²) in [6.07, 6.45) is -4.73. The molecule has 0 unspecified atom stereocenters. The summed E-state index contributed by atoms with van der Waals surface area (Å²) in [5.74, 6) is 0.290. The number of tetrazole rings is 1. The number of nitrogens with one attached hydrogen (secondary N) is 2. The Kier molecular flexibility index (Phi) is 7.57. The van der Waals surface area contributed by atoms with Gasteiger partial charge in [-0.2, -0.15) is 20.3 Å². The van der Waals surface area contributed by atoms with Crippen LogP contribution in [0.2, 0.25) is 5.28 Å². The lowest BCUT2D eigenvalue weighted by atomic mass is 10.1. The second-order valence-corrected chi connectivity index (χ2v) is 10.7. The SMILES string of the molecule is CC(C)Nc1nc(Cl)nc2c1cnn2[C@@H]1O[C@H](CO[C@@](CO)(Cc2nn[nH]n2)P(=O)(O)O)[C@@H](O)[C@H]1O. The van der Waals surface area contributed by atoms with Crippen molar-refractivity contribution in [1.29, 1.82) is 0 Å². The fourth-order valence-electron chi connectivity index (χ4n) is 3.71. The van der Waals surface area contributed by atoms with Crippen LogP contribution in [0.1, 0.15) is 25.9 Å². The molecule has 7 N–H and O–H groups in total. The third-order valence-corrected chi connectivity index (χ3v) is 7.21. The smallest absolute Gasteiger partial charge is 0.359 e. The fourth-order valence-corrected chi connectivity index (χ4v) is 4.65. The van der Waals surface area contributed by atoms with E-state index in [1.807, 2.05) is 13.8 Å².